The van der Waals surface area contributed by atoms with Gasteiger partial charge in [-0.05, 0) is 31.5 Å². The van der Waals surface area contributed by atoms with Gasteiger partial charge in [0.05, 0.1) is 27.2 Å². The summed E-state index contributed by atoms with van der Waals surface area (Å²) < 4.78 is 8.15. The predicted molar refractivity (Wildman–Crippen MR) is 133 cm³/mol. The Morgan fingerprint density at radius 1 is 1.12 bits per heavy atom. The highest BCUT2D eigenvalue weighted by Gasteiger charge is 2.24. The van der Waals surface area contributed by atoms with Gasteiger partial charge in [-0.2, -0.15) is 0 Å². The smallest absolute Gasteiger partial charge is 0.348 e. The van der Waals surface area contributed by atoms with Crippen molar-refractivity contribution in [2.24, 2.45) is 0 Å². The van der Waals surface area contributed by atoms with E-state index in [0.717, 1.165) is 26.6 Å². The third-order valence-corrected chi connectivity index (χ3v) is 7.33. The Labute approximate surface area is 202 Å². The molecule has 11 heteroatoms. The highest BCUT2D eigenvalue weighted by Crippen LogP contribution is 2.29. The quantitative estimate of drug-likeness (QED) is 0.382. The van der Waals surface area contributed by atoms with Gasteiger partial charge in [0.2, 0.25) is 0 Å². The van der Waals surface area contributed by atoms with Gasteiger partial charge in [0, 0.05) is 13.0 Å². The molecule has 0 atom stereocenters. The number of aryl methyl sites for hydroxylation is 3. The van der Waals surface area contributed by atoms with Crippen LogP contribution in [0.2, 0.25) is 0 Å². The second kappa shape index (κ2) is 10.7. The summed E-state index contributed by atoms with van der Waals surface area (Å²) in [5, 5.41) is 10.2. The number of fused-ring (bicyclic) bond motifs is 2. The largest absolute Gasteiger partial charge is 0.480 e. The van der Waals surface area contributed by atoms with Crippen molar-refractivity contribution >= 4 is 55.0 Å². The normalized spacial score (nSPS) is 10.8. The summed E-state index contributed by atoms with van der Waals surface area (Å²) in [6, 6.07) is 7.68. The van der Waals surface area contributed by atoms with Gasteiger partial charge in [-0.15, -0.1) is 22.7 Å². The minimum absolute atomic E-state index is 0.156. The van der Waals surface area contributed by atoms with E-state index in [1.54, 1.807) is 13.8 Å². The average Bonchev–Trinajstić information content (AvgIpc) is 3.39. The highest BCUT2D eigenvalue weighted by molar-refractivity contribution is 7.20. The van der Waals surface area contributed by atoms with Crippen molar-refractivity contribution in [3.05, 3.63) is 60.6 Å². The molecule has 0 aliphatic heterocycles. The first kappa shape index (κ1) is 25.3. The van der Waals surface area contributed by atoms with Crippen molar-refractivity contribution in [3.63, 3.8) is 0 Å². The fourth-order valence-electron chi connectivity index (χ4n) is 3.49. The van der Waals surface area contributed by atoms with Crippen molar-refractivity contribution in [2.75, 3.05) is 6.61 Å². The molecular weight excluding hydrogens is 478 g/mol. The zero-order valence-corrected chi connectivity index (χ0v) is 20.9. The van der Waals surface area contributed by atoms with Crippen molar-refractivity contribution < 1.29 is 19.4 Å². The maximum absolute atomic E-state index is 13.1. The molecular formula is C23H25N3O6S2. The molecule has 3 heterocycles. The summed E-state index contributed by atoms with van der Waals surface area (Å²) in [6.45, 7) is 6.85. The first-order valence-corrected chi connectivity index (χ1v) is 12.4. The van der Waals surface area contributed by atoms with Crippen LogP contribution in [0.5, 0.6) is 0 Å². The number of carboxylic acid groups (broad SMARTS) is 1. The molecule has 180 valence electrons. The van der Waals surface area contributed by atoms with Crippen LogP contribution in [0.15, 0.2) is 33.9 Å². The van der Waals surface area contributed by atoms with Crippen LogP contribution in [0.4, 0.5) is 0 Å². The number of esters is 1. The highest BCUT2D eigenvalue weighted by atomic mass is 32.1. The van der Waals surface area contributed by atoms with E-state index >= 15 is 0 Å². The van der Waals surface area contributed by atoms with Gasteiger partial charge in [0.1, 0.15) is 16.3 Å². The molecule has 0 saturated carbocycles. The Balaban J connectivity index is 0.00000158. The number of rotatable bonds is 7. The van der Waals surface area contributed by atoms with Gasteiger partial charge in [0.25, 0.3) is 5.56 Å². The molecule has 0 saturated heterocycles. The van der Waals surface area contributed by atoms with Crippen molar-refractivity contribution in [2.45, 2.75) is 47.2 Å². The molecule has 4 rings (SSSR count). The number of aliphatic carboxylic acids is 1. The number of hydrogen-bond acceptors (Lipinski definition) is 8. The first-order chi connectivity index (χ1) is 16.3. The van der Waals surface area contributed by atoms with E-state index in [-0.39, 0.29) is 23.4 Å². The van der Waals surface area contributed by atoms with E-state index in [9.17, 15) is 24.3 Å². The Kier molecular flexibility index (Phi) is 8.00. The molecule has 0 bridgehead atoms. The van der Waals surface area contributed by atoms with Gasteiger partial charge >= 0.3 is 17.6 Å². The molecule has 3 aromatic heterocycles. The minimum Gasteiger partial charge on any atom is -0.480 e. The van der Waals surface area contributed by atoms with E-state index in [1.807, 2.05) is 38.1 Å². The van der Waals surface area contributed by atoms with Crippen molar-refractivity contribution in [1.82, 2.24) is 14.1 Å². The molecule has 9 nitrogen and oxygen atoms in total. The van der Waals surface area contributed by atoms with Crippen LogP contribution in [0.25, 0.3) is 20.4 Å². The second-order valence-electron chi connectivity index (χ2n) is 7.00. The van der Waals surface area contributed by atoms with Crippen LogP contribution >= 0.6 is 22.7 Å². The zero-order valence-electron chi connectivity index (χ0n) is 19.3. The lowest BCUT2D eigenvalue weighted by atomic mass is 10.2. The molecule has 0 aliphatic carbocycles. The van der Waals surface area contributed by atoms with E-state index < -0.39 is 29.7 Å². The fourth-order valence-corrected chi connectivity index (χ4v) is 5.66. The maximum Gasteiger partial charge on any atom is 0.348 e. The average molecular weight is 504 g/mol. The van der Waals surface area contributed by atoms with Crippen LogP contribution in [-0.4, -0.2) is 37.8 Å². The zero-order chi connectivity index (χ0) is 25.0. The topological polar surface area (TPSA) is 120 Å². The molecule has 0 aliphatic rings. The monoisotopic (exact) mass is 503 g/mol. The summed E-state index contributed by atoms with van der Waals surface area (Å²) in [6.07, 6.45) is 0.408. The third-order valence-electron chi connectivity index (χ3n) is 4.94. The van der Waals surface area contributed by atoms with E-state index in [1.165, 1.54) is 15.9 Å². The molecule has 4 aromatic rings. The summed E-state index contributed by atoms with van der Waals surface area (Å²) >= 11 is 2.51. The lowest BCUT2D eigenvalue weighted by Crippen LogP contribution is -2.41. The number of ether oxygens (including phenoxy) is 1. The lowest BCUT2D eigenvalue weighted by Gasteiger charge is -2.10. The molecule has 0 spiro atoms. The first-order valence-electron chi connectivity index (χ1n) is 10.8. The maximum atomic E-state index is 13.1. The van der Waals surface area contributed by atoms with E-state index in [4.69, 9.17) is 4.74 Å². The second-order valence-corrected chi connectivity index (χ2v) is 9.12. The Bertz CT molecular complexity index is 1440. The number of hydrogen-bond donors (Lipinski definition) is 1. The number of aromatic nitrogens is 3. The summed E-state index contributed by atoms with van der Waals surface area (Å²) in [5.74, 6) is -1.89. The Morgan fingerprint density at radius 2 is 1.82 bits per heavy atom. The molecule has 0 unspecified atom stereocenters. The van der Waals surface area contributed by atoms with E-state index in [2.05, 4.69) is 4.98 Å². The van der Waals surface area contributed by atoms with Gasteiger partial charge in [-0.1, -0.05) is 26.0 Å². The van der Waals surface area contributed by atoms with E-state index in [0.29, 0.717) is 21.4 Å². The van der Waals surface area contributed by atoms with Gasteiger partial charge in [0.15, 0.2) is 0 Å². The number of nitrogens with zero attached hydrogens (tertiary/aromatic N) is 3. The van der Waals surface area contributed by atoms with Gasteiger partial charge in [-0.3, -0.25) is 14.2 Å². The molecule has 1 N–H and O–H groups in total. The molecule has 0 amide bonds. The third kappa shape index (κ3) is 4.80. The van der Waals surface area contributed by atoms with Crippen LogP contribution in [0.1, 0.15) is 41.0 Å². The predicted octanol–water partition coefficient (Wildman–Crippen LogP) is 3.67. The summed E-state index contributed by atoms with van der Waals surface area (Å²) in [7, 11) is 0. The lowest BCUT2D eigenvalue weighted by molar-refractivity contribution is -0.137. The number of thiazole rings is 1. The van der Waals surface area contributed by atoms with Crippen LogP contribution in [0, 0.1) is 6.92 Å². The molecule has 0 radical (unpaired) electrons. The number of para-hydroxylation sites is 1. The number of thiophene rings is 1. The van der Waals surface area contributed by atoms with Crippen molar-refractivity contribution in [3.8, 4) is 0 Å². The van der Waals surface area contributed by atoms with Crippen LogP contribution < -0.4 is 11.2 Å². The number of carboxylic acids is 1. The number of carbonyl (C=O) groups is 2. The SMILES string of the molecule is CC.CCOC(=O)c1sc2c(c1C)c(=O)n(CC(=O)O)c(=O)n2CCc1nc2ccccc2s1. The van der Waals surface area contributed by atoms with Crippen molar-refractivity contribution in [1.29, 1.82) is 0 Å². The summed E-state index contributed by atoms with van der Waals surface area (Å²) in [4.78, 5) is 54.8. The number of carbonyl (C=O) groups excluding carboxylic acids is 1. The molecule has 34 heavy (non-hydrogen) atoms. The van der Waals surface area contributed by atoms with Gasteiger partial charge in [-0.25, -0.2) is 19.1 Å². The number of benzene rings is 1. The van der Waals surface area contributed by atoms with Gasteiger partial charge < -0.3 is 9.84 Å². The van der Waals surface area contributed by atoms with Crippen LogP contribution in [0.3, 0.4) is 0 Å². The minimum atomic E-state index is -1.31. The Morgan fingerprint density at radius 3 is 2.47 bits per heavy atom. The Hall–Kier alpha value is -3.31. The summed E-state index contributed by atoms with van der Waals surface area (Å²) in [5.41, 5.74) is -0.227. The fraction of sp³-hybridized carbons (Fsp3) is 0.348. The molecule has 0 fully saturated rings. The van der Waals surface area contributed by atoms with Crippen LogP contribution in [-0.2, 0) is 29.0 Å². The standard InChI is InChI=1S/C21H19N3O6S2.C2H6/c1-3-30-20(28)17-11(2)16-18(27)24(10-15(25)26)21(29)23(19(16)32-17)9-8-14-22-12-6-4-5-7-13(12)31-14;1-2/h4-7H,3,8-10H2,1-2H3,(H,25,26);1-2H3. The molecule has 1 aromatic carbocycles.